The Morgan fingerprint density at radius 2 is 2.17 bits per heavy atom. The van der Waals surface area contributed by atoms with Gasteiger partial charge in [0, 0.05) is 31.1 Å². The van der Waals surface area contributed by atoms with Gasteiger partial charge in [-0.1, -0.05) is 12.5 Å². The fraction of sp³-hybridized carbons (Fsp3) is 0.667. The first-order valence-corrected chi connectivity index (χ1v) is 8.54. The third-order valence-electron chi connectivity index (χ3n) is 4.99. The van der Waals surface area contributed by atoms with E-state index in [0.29, 0.717) is 18.6 Å². The monoisotopic (exact) mass is 321 g/mol. The predicted octanol–water partition coefficient (Wildman–Crippen LogP) is 1.94. The highest BCUT2D eigenvalue weighted by Gasteiger charge is 2.37. The number of nitrogens with zero attached hydrogens (tertiary/aromatic N) is 1. The van der Waals surface area contributed by atoms with Gasteiger partial charge in [0.05, 0.1) is 26.4 Å². The molecule has 5 nitrogen and oxygen atoms in total. The van der Waals surface area contributed by atoms with Crippen LogP contribution in [0.1, 0.15) is 19.3 Å². The molecule has 2 aliphatic rings. The molecular formula is C18H27NO4. The first-order valence-electron chi connectivity index (χ1n) is 8.54. The van der Waals surface area contributed by atoms with Gasteiger partial charge in [-0.3, -0.25) is 4.90 Å². The largest absolute Gasteiger partial charge is 0.497 e. The van der Waals surface area contributed by atoms with Crippen molar-refractivity contribution in [2.24, 2.45) is 5.92 Å². The molecule has 3 atom stereocenters. The number of hydrogen-bond acceptors (Lipinski definition) is 5. The van der Waals surface area contributed by atoms with Crippen LogP contribution in [0.3, 0.4) is 0 Å². The lowest BCUT2D eigenvalue weighted by atomic mass is 9.94. The summed E-state index contributed by atoms with van der Waals surface area (Å²) < 4.78 is 16.7. The Balaban J connectivity index is 1.53. The van der Waals surface area contributed by atoms with Crippen LogP contribution in [0, 0.1) is 5.92 Å². The van der Waals surface area contributed by atoms with Crippen LogP contribution in [0.5, 0.6) is 11.5 Å². The fourth-order valence-corrected chi connectivity index (χ4v) is 3.72. The maximum atomic E-state index is 10.2. The summed E-state index contributed by atoms with van der Waals surface area (Å²) in [6.07, 6.45) is 2.97. The predicted molar refractivity (Wildman–Crippen MR) is 88.0 cm³/mol. The van der Waals surface area contributed by atoms with E-state index in [2.05, 4.69) is 4.90 Å². The smallest absolute Gasteiger partial charge is 0.123 e. The van der Waals surface area contributed by atoms with Crippen molar-refractivity contribution in [2.45, 2.75) is 31.4 Å². The molecule has 1 saturated heterocycles. The van der Waals surface area contributed by atoms with Crippen LogP contribution in [0.15, 0.2) is 24.3 Å². The Kier molecular flexibility index (Phi) is 5.75. The zero-order valence-electron chi connectivity index (χ0n) is 13.8. The van der Waals surface area contributed by atoms with Crippen molar-refractivity contribution >= 4 is 0 Å². The summed E-state index contributed by atoms with van der Waals surface area (Å²) in [7, 11) is 1.66. The Bertz CT molecular complexity index is 496. The van der Waals surface area contributed by atoms with Gasteiger partial charge in [-0.15, -0.1) is 0 Å². The van der Waals surface area contributed by atoms with E-state index in [1.165, 1.54) is 0 Å². The van der Waals surface area contributed by atoms with Crippen molar-refractivity contribution in [2.75, 3.05) is 40.0 Å². The first kappa shape index (κ1) is 16.6. The molecule has 128 valence electrons. The fourth-order valence-electron chi connectivity index (χ4n) is 3.72. The molecule has 0 unspecified atom stereocenters. The Hall–Kier alpha value is -1.30. The molecule has 0 spiro atoms. The van der Waals surface area contributed by atoms with Crippen LogP contribution in [0.25, 0.3) is 0 Å². The topological polar surface area (TPSA) is 51.2 Å². The highest BCUT2D eigenvalue weighted by Crippen LogP contribution is 2.32. The van der Waals surface area contributed by atoms with Crippen molar-refractivity contribution in [3.8, 4) is 11.5 Å². The quantitative estimate of drug-likeness (QED) is 0.868. The van der Waals surface area contributed by atoms with E-state index in [9.17, 15) is 5.11 Å². The second-order valence-electron chi connectivity index (χ2n) is 6.37. The first-order chi connectivity index (χ1) is 11.3. The van der Waals surface area contributed by atoms with Gasteiger partial charge in [-0.05, 0) is 25.0 Å². The number of rotatable bonds is 6. The summed E-state index contributed by atoms with van der Waals surface area (Å²) in [6.45, 7) is 3.88. The summed E-state index contributed by atoms with van der Waals surface area (Å²) in [5, 5.41) is 10.2. The van der Waals surface area contributed by atoms with Gasteiger partial charge in [-0.25, -0.2) is 0 Å². The molecule has 0 aromatic heterocycles. The minimum Gasteiger partial charge on any atom is -0.497 e. The molecule has 0 amide bonds. The van der Waals surface area contributed by atoms with Gasteiger partial charge in [0.15, 0.2) is 0 Å². The van der Waals surface area contributed by atoms with E-state index >= 15 is 0 Å². The number of ether oxygens (including phenoxy) is 3. The molecule has 1 aromatic carbocycles. The van der Waals surface area contributed by atoms with Gasteiger partial charge < -0.3 is 19.3 Å². The Labute approximate surface area is 138 Å². The minimum atomic E-state index is -0.177. The molecular weight excluding hydrogens is 294 g/mol. The van der Waals surface area contributed by atoms with Crippen LogP contribution < -0.4 is 9.47 Å². The van der Waals surface area contributed by atoms with Gasteiger partial charge >= 0.3 is 0 Å². The molecule has 2 fully saturated rings. The number of aliphatic hydroxyl groups excluding tert-OH is 1. The Morgan fingerprint density at radius 3 is 2.96 bits per heavy atom. The van der Waals surface area contributed by atoms with E-state index in [1.807, 2.05) is 24.3 Å². The van der Waals surface area contributed by atoms with Crippen LogP contribution in [-0.2, 0) is 4.74 Å². The molecule has 23 heavy (non-hydrogen) atoms. The molecule has 1 N–H and O–H groups in total. The third-order valence-corrected chi connectivity index (χ3v) is 4.99. The highest BCUT2D eigenvalue weighted by atomic mass is 16.5. The summed E-state index contributed by atoms with van der Waals surface area (Å²) in [6, 6.07) is 8.00. The van der Waals surface area contributed by atoms with E-state index in [0.717, 1.165) is 57.1 Å². The molecule has 1 aliphatic heterocycles. The van der Waals surface area contributed by atoms with Crippen molar-refractivity contribution in [1.82, 2.24) is 4.90 Å². The van der Waals surface area contributed by atoms with E-state index in [1.54, 1.807) is 7.11 Å². The lowest BCUT2D eigenvalue weighted by molar-refractivity contribution is -0.0532. The van der Waals surface area contributed by atoms with Crippen molar-refractivity contribution < 1.29 is 19.3 Å². The summed E-state index contributed by atoms with van der Waals surface area (Å²) in [4.78, 5) is 2.42. The van der Waals surface area contributed by atoms with Gasteiger partial charge in [-0.2, -0.15) is 0 Å². The lowest BCUT2D eigenvalue weighted by Gasteiger charge is -2.40. The van der Waals surface area contributed by atoms with Crippen LogP contribution in [0.2, 0.25) is 0 Å². The number of aliphatic hydroxyl groups is 1. The summed E-state index contributed by atoms with van der Waals surface area (Å²) in [5.74, 6) is 1.98. The number of morpholine rings is 1. The molecule has 0 bridgehead atoms. The summed E-state index contributed by atoms with van der Waals surface area (Å²) >= 11 is 0. The zero-order chi connectivity index (χ0) is 16.1. The van der Waals surface area contributed by atoms with Crippen molar-refractivity contribution in [1.29, 1.82) is 0 Å². The second-order valence-corrected chi connectivity index (χ2v) is 6.37. The average Bonchev–Trinajstić information content (AvgIpc) is 3.01. The van der Waals surface area contributed by atoms with Gasteiger partial charge in [0.2, 0.25) is 0 Å². The number of hydrogen-bond donors (Lipinski definition) is 1. The van der Waals surface area contributed by atoms with Gasteiger partial charge in [0.1, 0.15) is 18.1 Å². The maximum Gasteiger partial charge on any atom is 0.123 e. The van der Waals surface area contributed by atoms with E-state index in [-0.39, 0.29) is 6.10 Å². The normalized spacial score (nSPS) is 28.7. The highest BCUT2D eigenvalue weighted by molar-refractivity contribution is 5.32. The SMILES string of the molecule is COc1cccc(OCCN2CCOC[C@@H]2[C@@H]2CCC[C@H]2O)c1. The van der Waals surface area contributed by atoms with E-state index < -0.39 is 0 Å². The van der Waals surface area contributed by atoms with Gasteiger partial charge in [0.25, 0.3) is 0 Å². The van der Waals surface area contributed by atoms with Crippen LogP contribution in [-0.4, -0.2) is 62.2 Å². The minimum absolute atomic E-state index is 0.177. The van der Waals surface area contributed by atoms with Crippen LogP contribution >= 0.6 is 0 Å². The van der Waals surface area contributed by atoms with E-state index in [4.69, 9.17) is 14.2 Å². The Morgan fingerprint density at radius 1 is 1.30 bits per heavy atom. The van der Waals surface area contributed by atoms with Crippen molar-refractivity contribution in [3.63, 3.8) is 0 Å². The standard InChI is InChI=1S/C18H27NO4/c1-21-14-4-2-5-15(12-14)23-11-9-19-8-10-22-13-17(19)16-6-3-7-18(16)20/h2,4-5,12,16-18,20H,3,6-11,13H2,1H3/t16-,17+,18+/m0/s1. The average molecular weight is 321 g/mol. The lowest BCUT2D eigenvalue weighted by Crippen LogP contribution is -2.52. The second kappa shape index (κ2) is 7.99. The van der Waals surface area contributed by atoms with Crippen molar-refractivity contribution in [3.05, 3.63) is 24.3 Å². The summed E-state index contributed by atoms with van der Waals surface area (Å²) in [5.41, 5.74) is 0. The maximum absolute atomic E-state index is 10.2. The molecule has 1 saturated carbocycles. The molecule has 1 aliphatic carbocycles. The molecule has 5 heteroatoms. The zero-order valence-corrected chi connectivity index (χ0v) is 13.8. The molecule has 1 heterocycles. The molecule has 0 radical (unpaired) electrons. The number of benzene rings is 1. The molecule has 1 aromatic rings. The number of methoxy groups -OCH3 is 1. The van der Waals surface area contributed by atoms with Crippen LogP contribution in [0.4, 0.5) is 0 Å². The molecule has 3 rings (SSSR count). The third kappa shape index (κ3) is 4.16.